The Balaban J connectivity index is 2.55. The number of pyridine rings is 1. The van der Waals surface area contributed by atoms with Crippen molar-refractivity contribution in [2.24, 2.45) is 5.41 Å². The largest absolute Gasteiger partial charge is 0.492 e. The van der Waals surface area contributed by atoms with Crippen LogP contribution in [0.3, 0.4) is 0 Å². The molecule has 100 valence electrons. The maximum Gasteiger partial charge on any atom is 0.186 e. The fraction of sp³-hybridized carbons (Fsp3) is 0.600. The van der Waals surface area contributed by atoms with E-state index in [0.717, 1.165) is 12.2 Å². The summed E-state index contributed by atoms with van der Waals surface area (Å²) in [6.45, 7) is 8.56. The Kier molecular flexibility index (Phi) is 5.32. The lowest BCUT2D eigenvalue weighted by Crippen LogP contribution is -2.21. The molecule has 1 heterocycles. The SMILES string of the molecule is CCCCCOc1ccc(C(=O)C(C)(C)C)nc1. The van der Waals surface area contributed by atoms with Gasteiger partial charge in [-0.3, -0.25) is 4.79 Å². The number of ether oxygens (including phenoxy) is 1. The Bertz CT molecular complexity index is 376. The summed E-state index contributed by atoms with van der Waals surface area (Å²) in [6, 6.07) is 3.56. The van der Waals surface area contributed by atoms with E-state index in [1.165, 1.54) is 12.8 Å². The van der Waals surface area contributed by atoms with Gasteiger partial charge in [-0.25, -0.2) is 4.98 Å². The van der Waals surface area contributed by atoms with Gasteiger partial charge in [0.15, 0.2) is 5.78 Å². The highest BCUT2D eigenvalue weighted by atomic mass is 16.5. The molecule has 0 aromatic carbocycles. The van der Waals surface area contributed by atoms with Gasteiger partial charge in [-0.15, -0.1) is 0 Å². The highest BCUT2D eigenvalue weighted by Crippen LogP contribution is 2.20. The third-order valence-corrected chi connectivity index (χ3v) is 2.67. The van der Waals surface area contributed by atoms with Gasteiger partial charge < -0.3 is 4.74 Å². The minimum absolute atomic E-state index is 0.0556. The van der Waals surface area contributed by atoms with E-state index in [1.54, 1.807) is 12.3 Å². The zero-order valence-electron chi connectivity index (χ0n) is 11.8. The van der Waals surface area contributed by atoms with Crippen LogP contribution in [-0.2, 0) is 0 Å². The molecule has 1 aromatic heterocycles. The van der Waals surface area contributed by atoms with Gasteiger partial charge in [0, 0.05) is 5.41 Å². The smallest absolute Gasteiger partial charge is 0.186 e. The molecule has 1 aromatic rings. The summed E-state index contributed by atoms with van der Waals surface area (Å²) >= 11 is 0. The van der Waals surface area contributed by atoms with Crippen LogP contribution in [0.25, 0.3) is 0 Å². The van der Waals surface area contributed by atoms with E-state index in [9.17, 15) is 4.79 Å². The maximum atomic E-state index is 12.0. The molecule has 0 aliphatic rings. The molecule has 3 heteroatoms. The van der Waals surface area contributed by atoms with E-state index in [1.807, 2.05) is 26.8 Å². The average molecular weight is 249 g/mol. The van der Waals surface area contributed by atoms with Gasteiger partial charge in [0.2, 0.25) is 0 Å². The number of unbranched alkanes of at least 4 members (excludes halogenated alkanes) is 2. The molecule has 0 saturated heterocycles. The van der Waals surface area contributed by atoms with Crippen molar-refractivity contribution in [1.29, 1.82) is 0 Å². The van der Waals surface area contributed by atoms with Gasteiger partial charge in [-0.1, -0.05) is 40.5 Å². The molecule has 0 aliphatic heterocycles. The molecular weight excluding hydrogens is 226 g/mol. The highest BCUT2D eigenvalue weighted by Gasteiger charge is 2.23. The van der Waals surface area contributed by atoms with Crippen molar-refractivity contribution in [3.63, 3.8) is 0 Å². The first kappa shape index (κ1) is 14.7. The Morgan fingerprint density at radius 2 is 2.00 bits per heavy atom. The molecular formula is C15H23NO2. The van der Waals surface area contributed by atoms with Crippen LogP contribution >= 0.6 is 0 Å². The molecule has 0 aliphatic carbocycles. The van der Waals surface area contributed by atoms with Crippen LogP contribution in [0.5, 0.6) is 5.75 Å². The molecule has 0 amide bonds. The van der Waals surface area contributed by atoms with E-state index in [-0.39, 0.29) is 5.78 Å². The Morgan fingerprint density at radius 3 is 2.50 bits per heavy atom. The number of carbonyl (C=O) groups is 1. The van der Waals surface area contributed by atoms with Gasteiger partial charge >= 0.3 is 0 Å². The topological polar surface area (TPSA) is 39.2 Å². The molecule has 0 atom stereocenters. The van der Waals surface area contributed by atoms with Crippen molar-refractivity contribution < 1.29 is 9.53 Å². The minimum atomic E-state index is -0.392. The van der Waals surface area contributed by atoms with Crippen LogP contribution in [0.1, 0.15) is 57.4 Å². The first-order valence-electron chi connectivity index (χ1n) is 6.59. The first-order chi connectivity index (χ1) is 8.45. The van der Waals surface area contributed by atoms with E-state index in [0.29, 0.717) is 12.3 Å². The Labute approximate surface area is 110 Å². The van der Waals surface area contributed by atoms with Crippen LogP contribution in [0.15, 0.2) is 18.3 Å². The summed E-state index contributed by atoms with van der Waals surface area (Å²) in [7, 11) is 0. The predicted octanol–water partition coefficient (Wildman–Crippen LogP) is 3.88. The van der Waals surface area contributed by atoms with Gasteiger partial charge in [0.25, 0.3) is 0 Å². The zero-order chi connectivity index (χ0) is 13.6. The molecule has 18 heavy (non-hydrogen) atoms. The van der Waals surface area contributed by atoms with Crippen LogP contribution in [0, 0.1) is 5.41 Å². The van der Waals surface area contributed by atoms with E-state index in [4.69, 9.17) is 4.74 Å². The van der Waals surface area contributed by atoms with E-state index in [2.05, 4.69) is 11.9 Å². The van der Waals surface area contributed by atoms with Crippen LogP contribution in [-0.4, -0.2) is 17.4 Å². The fourth-order valence-corrected chi connectivity index (χ4v) is 1.53. The minimum Gasteiger partial charge on any atom is -0.492 e. The molecule has 0 N–H and O–H groups in total. The van der Waals surface area contributed by atoms with Crippen LogP contribution in [0.4, 0.5) is 0 Å². The molecule has 1 rings (SSSR count). The molecule has 0 radical (unpaired) electrons. The second-order valence-corrected chi connectivity index (χ2v) is 5.51. The summed E-state index contributed by atoms with van der Waals surface area (Å²) in [4.78, 5) is 16.1. The molecule has 0 bridgehead atoms. The fourth-order valence-electron chi connectivity index (χ4n) is 1.53. The molecule has 0 saturated carbocycles. The van der Waals surface area contributed by atoms with Gasteiger partial charge in [-0.2, -0.15) is 0 Å². The number of ketones is 1. The number of Topliss-reactive ketones (excluding diaryl/α,β-unsaturated/α-hetero) is 1. The average Bonchev–Trinajstić information content (AvgIpc) is 2.33. The summed E-state index contributed by atoms with van der Waals surface area (Å²) in [6.07, 6.45) is 5.04. The van der Waals surface area contributed by atoms with E-state index < -0.39 is 5.41 Å². The summed E-state index contributed by atoms with van der Waals surface area (Å²) in [5.41, 5.74) is 0.111. The first-order valence-corrected chi connectivity index (χ1v) is 6.59. The standard InChI is InChI=1S/C15H23NO2/c1-5-6-7-10-18-12-8-9-13(16-11-12)14(17)15(2,3)4/h8-9,11H,5-7,10H2,1-4H3. The Hall–Kier alpha value is -1.38. The van der Waals surface area contributed by atoms with Crippen LogP contribution in [0.2, 0.25) is 0 Å². The van der Waals surface area contributed by atoms with Crippen molar-refractivity contribution in [3.8, 4) is 5.75 Å². The summed E-state index contributed by atoms with van der Waals surface area (Å²) in [5.74, 6) is 0.789. The van der Waals surface area contributed by atoms with E-state index >= 15 is 0 Å². The maximum absolute atomic E-state index is 12.0. The third kappa shape index (κ3) is 4.47. The molecule has 0 fully saturated rings. The molecule has 3 nitrogen and oxygen atoms in total. The number of hydrogen-bond acceptors (Lipinski definition) is 3. The number of rotatable bonds is 6. The highest BCUT2D eigenvalue weighted by molar-refractivity contribution is 5.98. The van der Waals surface area contributed by atoms with Crippen molar-refractivity contribution in [2.45, 2.75) is 47.0 Å². The quantitative estimate of drug-likeness (QED) is 0.567. The van der Waals surface area contributed by atoms with Gasteiger partial charge in [0.1, 0.15) is 11.4 Å². The van der Waals surface area contributed by atoms with Crippen molar-refractivity contribution >= 4 is 5.78 Å². The van der Waals surface area contributed by atoms with Gasteiger partial charge in [0.05, 0.1) is 12.8 Å². The van der Waals surface area contributed by atoms with Crippen molar-refractivity contribution in [3.05, 3.63) is 24.0 Å². The third-order valence-electron chi connectivity index (χ3n) is 2.67. The van der Waals surface area contributed by atoms with Crippen molar-refractivity contribution in [2.75, 3.05) is 6.61 Å². The second kappa shape index (κ2) is 6.53. The lowest BCUT2D eigenvalue weighted by atomic mass is 9.89. The molecule has 0 unspecified atom stereocenters. The zero-order valence-corrected chi connectivity index (χ0v) is 11.8. The van der Waals surface area contributed by atoms with Crippen molar-refractivity contribution in [1.82, 2.24) is 4.98 Å². The number of aromatic nitrogens is 1. The monoisotopic (exact) mass is 249 g/mol. The summed E-state index contributed by atoms with van der Waals surface area (Å²) < 4.78 is 5.55. The predicted molar refractivity (Wildman–Crippen MR) is 73.0 cm³/mol. The second-order valence-electron chi connectivity index (χ2n) is 5.51. The Morgan fingerprint density at radius 1 is 1.28 bits per heavy atom. The number of hydrogen-bond donors (Lipinski definition) is 0. The van der Waals surface area contributed by atoms with Crippen LogP contribution < -0.4 is 4.74 Å². The molecule has 0 spiro atoms. The lowest BCUT2D eigenvalue weighted by molar-refractivity contribution is 0.0853. The number of carbonyl (C=O) groups excluding carboxylic acids is 1. The summed E-state index contributed by atoms with van der Waals surface area (Å²) in [5, 5.41) is 0. The lowest BCUT2D eigenvalue weighted by Gasteiger charge is -2.15. The number of nitrogens with zero attached hydrogens (tertiary/aromatic N) is 1. The van der Waals surface area contributed by atoms with Gasteiger partial charge in [-0.05, 0) is 18.6 Å². The normalized spacial score (nSPS) is 11.3.